The van der Waals surface area contributed by atoms with E-state index in [1.807, 2.05) is 30.5 Å². The molecule has 0 saturated heterocycles. The van der Waals surface area contributed by atoms with Crippen molar-refractivity contribution in [2.24, 2.45) is 0 Å². The zero-order chi connectivity index (χ0) is 17.8. The number of rotatable bonds is 5. The number of hydrogen-bond donors (Lipinski definition) is 2. The highest BCUT2D eigenvalue weighted by Gasteiger charge is 2.24. The zero-order valence-corrected chi connectivity index (χ0v) is 14.1. The molecule has 2 N–H and O–H groups in total. The minimum Gasteiger partial charge on any atom is -0.467 e. The number of nitrogens with one attached hydrogen (secondary N) is 2. The standard InChI is InChI=1S/C19H19N3O3/c1-12-6-5-9-16(21-12)18(23)22-17(19(24)25-2)10-13-11-20-15-8-4-3-7-14(13)15/h3-9,11,17,20H,10H2,1-2H3,(H,22,23). The van der Waals surface area contributed by atoms with Crippen LogP contribution < -0.4 is 5.32 Å². The predicted octanol–water partition coefficient (Wildman–Crippen LogP) is 2.39. The first-order valence-electron chi connectivity index (χ1n) is 7.96. The number of aromatic amines is 1. The Morgan fingerprint density at radius 3 is 2.76 bits per heavy atom. The smallest absolute Gasteiger partial charge is 0.328 e. The Hall–Kier alpha value is -3.15. The van der Waals surface area contributed by atoms with Crippen LogP contribution in [0.5, 0.6) is 0 Å². The number of carbonyl (C=O) groups is 2. The highest BCUT2D eigenvalue weighted by atomic mass is 16.5. The second-order valence-corrected chi connectivity index (χ2v) is 5.78. The molecule has 0 aliphatic rings. The molecule has 3 rings (SSSR count). The average Bonchev–Trinajstić information content (AvgIpc) is 3.03. The normalized spacial score (nSPS) is 11.9. The van der Waals surface area contributed by atoms with Gasteiger partial charge >= 0.3 is 5.97 Å². The summed E-state index contributed by atoms with van der Waals surface area (Å²) in [5, 5.41) is 3.74. The minimum absolute atomic E-state index is 0.271. The molecule has 25 heavy (non-hydrogen) atoms. The third-order valence-electron chi connectivity index (χ3n) is 4.01. The van der Waals surface area contributed by atoms with Crippen LogP contribution in [0.2, 0.25) is 0 Å². The summed E-state index contributed by atoms with van der Waals surface area (Å²) in [5.74, 6) is -0.898. The number of hydrogen-bond acceptors (Lipinski definition) is 4. The quantitative estimate of drug-likeness (QED) is 0.700. The molecule has 0 radical (unpaired) electrons. The number of H-pyrrole nitrogens is 1. The first-order valence-corrected chi connectivity index (χ1v) is 7.96. The van der Waals surface area contributed by atoms with Crippen LogP contribution in [0.4, 0.5) is 0 Å². The third-order valence-corrected chi connectivity index (χ3v) is 4.01. The summed E-state index contributed by atoms with van der Waals surface area (Å²) in [5.41, 5.74) is 2.92. The molecular weight excluding hydrogens is 318 g/mol. The molecule has 0 spiro atoms. The number of methoxy groups -OCH3 is 1. The minimum atomic E-state index is -0.793. The van der Waals surface area contributed by atoms with E-state index in [-0.39, 0.29) is 5.69 Å². The van der Waals surface area contributed by atoms with Gasteiger partial charge in [0.15, 0.2) is 0 Å². The van der Waals surface area contributed by atoms with E-state index in [0.717, 1.165) is 22.2 Å². The van der Waals surface area contributed by atoms with Crippen LogP contribution in [0.1, 0.15) is 21.7 Å². The lowest BCUT2D eigenvalue weighted by molar-refractivity contribution is -0.142. The summed E-state index contributed by atoms with van der Waals surface area (Å²) in [6, 6.07) is 12.2. The molecule has 1 amide bonds. The molecule has 0 aliphatic carbocycles. The largest absolute Gasteiger partial charge is 0.467 e. The Kier molecular flexibility index (Phi) is 4.79. The van der Waals surface area contributed by atoms with Crippen molar-refractivity contribution in [1.82, 2.24) is 15.3 Å². The fraction of sp³-hybridized carbons (Fsp3) is 0.211. The summed E-state index contributed by atoms with van der Waals surface area (Å²) in [6.07, 6.45) is 2.17. The van der Waals surface area contributed by atoms with Gasteiger partial charge < -0.3 is 15.0 Å². The summed E-state index contributed by atoms with van der Waals surface area (Å²) < 4.78 is 4.85. The van der Waals surface area contributed by atoms with E-state index in [9.17, 15) is 9.59 Å². The molecule has 6 nitrogen and oxygen atoms in total. The Morgan fingerprint density at radius 2 is 2.00 bits per heavy atom. The number of amides is 1. The first kappa shape index (κ1) is 16.7. The maximum absolute atomic E-state index is 12.4. The van der Waals surface area contributed by atoms with Crippen molar-refractivity contribution >= 4 is 22.8 Å². The number of para-hydroxylation sites is 1. The van der Waals surface area contributed by atoms with E-state index in [0.29, 0.717) is 6.42 Å². The summed E-state index contributed by atoms with van der Waals surface area (Å²) in [4.78, 5) is 31.9. The van der Waals surface area contributed by atoms with Crippen molar-refractivity contribution in [2.45, 2.75) is 19.4 Å². The van der Waals surface area contributed by atoms with Crippen LogP contribution >= 0.6 is 0 Å². The SMILES string of the molecule is COC(=O)C(Cc1c[nH]c2ccccc12)NC(=O)c1cccc(C)n1. The molecule has 1 aromatic carbocycles. The van der Waals surface area contributed by atoms with Crippen molar-refractivity contribution in [3.05, 3.63) is 65.6 Å². The van der Waals surface area contributed by atoms with Gasteiger partial charge in [-0.25, -0.2) is 9.78 Å². The first-order chi connectivity index (χ1) is 12.1. The van der Waals surface area contributed by atoms with E-state index in [1.54, 1.807) is 25.1 Å². The highest BCUT2D eigenvalue weighted by Crippen LogP contribution is 2.19. The van der Waals surface area contributed by atoms with Gasteiger partial charge in [-0.3, -0.25) is 4.79 Å². The van der Waals surface area contributed by atoms with E-state index < -0.39 is 17.9 Å². The van der Waals surface area contributed by atoms with Gasteiger partial charge in [0.1, 0.15) is 11.7 Å². The van der Waals surface area contributed by atoms with Crippen molar-refractivity contribution in [3.63, 3.8) is 0 Å². The van der Waals surface area contributed by atoms with Crippen LogP contribution in [0.25, 0.3) is 10.9 Å². The van der Waals surface area contributed by atoms with Gasteiger partial charge in [-0.2, -0.15) is 0 Å². The predicted molar refractivity (Wildman–Crippen MR) is 94.2 cm³/mol. The molecule has 2 heterocycles. The lowest BCUT2D eigenvalue weighted by Gasteiger charge is -2.16. The van der Waals surface area contributed by atoms with Crippen molar-refractivity contribution in [3.8, 4) is 0 Å². The van der Waals surface area contributed by atoms with Crippen LogP contribution in [0, 0.1) is 6.92 Å². The Bertz CT molecular complexity index is 917. The fourth-order valence-corrected chi connectivity index (χ4v) is 2.76. The lowest BCUT2D eigenvalue weighted by Crippen LogP contribution is -2.43. The molecular formula is C19H19N3O3. The van der Waals surface area contributed by atoms with Crippen LogP contribution in [0.15, 0.2) is 48.7 Å². The van der Waals surface area contributed by atoms with Gasteiger partial charge in [-0.1, -0.05) is 24.3 Å². The molecule has 0 fully saturated rings. The lowest BCUT2D eigenvalue weighted by atomic mass is 10.0. The van der Waals surface area contributed by atoms with E-state index in [2.05, 4.69) is 15.3 Å². The average molecular weight is 337 g/mol. The highest BCUT2D eigenvalue weighted by molar-refractivity contribution is 5.95. The molecule has 1 atom stereocenters. The number of ether oxygens (including phenoxy) is 1. The third kappa shape index (κ3) is 3.68. The van der Waals surface area contributed by atoms with Crippen LogP contribution in [0.3, 0.4) is 0 Å². The van der Waals surface area contributed by atoms with E-state index in [1.165, 1.54) is 7.11 Å². The number of carbonyl (C=O) groups excluding carboxylic acids is 2. The maximum atomic E-state index is 12.4. The summed E-state index contributed by atoms with van der Waals surface area (Å²) >= 11 is 0. The van der Waals surface area contributed by atoms with Crippen molar-refractivity contribution in [1.29, 1.82) is 0 Å². The molecule has 3 aromatic rings. The number of benzene rings is 1. The van der Waals surface area contributed by atoms with Gasteiger partial charge in [0.25, 0.3) is 5.91 Å². The van der Waals surface area contributed by atoms with Gasteiger partial charge in [-0.05, 0) is 30.7 Å². The Balaban J connectivity index is 1.83. The van der Waals surface area contributed by atoms with Gasteiger partial charge in [-0.15, -0.1) is 0 Å². The monoisotopic (exact) mass is 337 g/mol. The zero-order valence-electron chi connectivity index (χ0n) is 14.1. The second kappa shape index (κ2) is 7.17. The number of nitrogens with zero attached hydrogens (tertiary/aromatic N) is 1. The second-order valence-electron chi connectivity index (χ2n) is 5.78. The van der Waals surface area contributed by atoms with Gasteiger partial charge in [0.05, 0.1) is 7.11 Å². The molecule has 128 valence electrons. The number of aromatic nitrogens is 2. The van der Waals surface area contributed by atoms with Crippen molar-refractivity contribution in [2.75, 3.05) is 7.11 Å². The van der Waals surface area contributed by atoms with E-state index in [4.69, 9.17) is 4.74 Å². The van der Waals surface area contributed by atoms with Crippen molar-refractivity contribution < 1.29 is 14.3 Å². The van der Waals surface area contributed by atoms with Gasteiger partial charge in [0, 0.05) is 29.2 Å². The molecule has 0 aliphatic heterocycles. The maximum Gasteiger partial charge on any atom is 0.328 e. The topological polar surface area (TPSA) is 84.1 Å². The number of pyridine rings is 1. The van der Waals surface area contributed by atoms with Crippen LogP contribution in [-0.2, 0) is 16.0 Å². The summed E-state index contributed by atoms with van der Waals surface area (Å²) in [6.45, 7) is 1.81. The Labute approximate surface area is 145 Å². The number of fused-ring (bicyclic) bond motifs is 1. The molecule has 0 bridgehead atoms. The fourth-order valence-electron chi connectivity index (χ4n) is 2.76. The number of aryl methyl sites for hydroxylation is 1. The number of esters is 1. The molecule has 1 unspecified atom stereocenters. The van der Waals surface area contributed by atoms with Gasteiger partial charge in [0.2, 0.25) is 0 Å². The molecule has 6 heteroatoms. The molecule has 2 aromatic heterocycles. The molecule has 0 saturated carbocycles. The Morgan fingerprint density at radius 1 is 1.20 bits per heavy atom. The summed E-state index contributed by atoms with van der Waals surface area (Å²) in [7, 11) is 1.31. The van der Waals surface area contributed by atoms with E-state index >= 15 is 0 Å². The van der Waals surface area contributed by atoms with Crippen LogP contribution in [-0.4, -0.2) is 35.0 Å².